The molecule has 2 heterocycles. The van der Waals surface area contributed by atoms with Gasteiger partial charge in [-0.2, -0.15) is 0 Å². The minimum Gasteiger partial charge on any atom is -0.379 e. The third-order valence-electron chi connectivity index (χ3n) is 4.98. The van der Waals surface area contributed by atoms with Gasteiger partial charge in [-0.25, -0.2) is 0 Å². The van der Waals surface area contributed by atoms with Crippen LogP contribution in [0.4, 0.5) is 0 Å². The van der Waals surface area contributed by atoms with Gasteiger partial charge in [-0.05, 0) is 23.3 Å². The lowest BCUT2D eigenvalue weighted by molar-refractivity contribution is 0.0342. The van der Waals surface area contributed by atoms with Crippen molar-refractivity contribution in [2.45, 2.75) is 19.6 Å². The van der Waals surface area contributed by atoms with Crippen LogP contribution in [-0.2, 0) is 31.4 Å². The van der Waals surface area contributed by atoms with E-state index in [2.05, 4.69) is 81.4 Å². The van der Waals surface area contributed by atoms with Crippen molar-refractivity contribution in [3.63, 3.8) is 0 Å². The zero-order chi connectivity index (χ0) is 19.1. The van der Waals surface area contributed by atoms with E-state index in [1.807, 2.05) is 7.05 Å². The van der Waals surface area contributed by atoms with Gasteiger partial charge in [-0.15, -0.1) is 0 Å². The molecule has 1 aromatic heterocycles. The number of aromatic nitrogens is 1. The second-order valence-corrected chi connectivity index (χ2v) is 7.08. The fourth-order valence-corrected chi connectivity index (χ4v) is 3.40. The largest absolute Gasteiger partial charge is 0.379 e. The summed E-state index contributed by atoms with van der Waals surface area (Å²) in [6.45, 7) is 6.27. The Morgan fingerprint density at radius 2 is 1.96 bits per heavy atom. The Balaban J connectivity index is 1.54. The summed E-state index contributed by atoms with van der Waals surface area (Å²) in [5, 5.41) is 3.48. The molecule has 6 heteroatoms. The summed E-state index contributed by atoms with van der Waals surface area (Å²) in [5.74, 6) is 0.898. The fourth-order valence-electron chi connectivity index (χ4n) is 3.40. The highest BCUT2D eigenvalue weighted by molar-refractivity contribution is 5.79. The zero-order valence-corrected chi connectivity index (χ0v) is 16.7. The van der Waals surface area contributed by atoms with Gasteiger partial charge in [-0.1, -0.05) is 24.3 Å². The summed E-state index contributed by atoms with van der Waals surface area (Å²) >= 11 is 0. The SMILES string of the molecule is CN=C(NCc1cccc(CN2CCOCC2)c1)N(C)Cc1cccn1C. The van der Waals surface area contributed by atoms with Crippen LogP contribution >= 0.6 is 0 Å². The molecule has 6 nitrogen and oxygen atoms in total. The molecule has 1 aliphatic heterocycles. The number of ether oxygens (including phenoxy) is 1. The van der Waals surface area contributed by atoms with Crippen LogP contribution in [0.25, 0.3) is 0 Å². The average molecular weight is 370 g/mol. The maximum absolute atomic E-state index is 5.43. The van der Waals surface area contributed by atoms with Crippen LogP contribution in [0.1, 0.15) is 16.8 Å². The summed E-state index contributed by atoms with van der Waals surface area (Å²) < 4.78 is 7.57. The van der Waals surface area contributed by atoms with E-state index in [1.165, 1.54) is 16.8 Å². The highest BCUT2D eigenvalue weighted by Gasteiger charge is 2.11. The lowest BCUT2D eigenvalue weighted by Gasteiger charge is -2.26. The van der Waals surface area contributed by atoms with Gasteiger partial charge >= 0.3 is 0 Å². The van der Waals surface area contributed by atoms with E-state index in [-0.39, 0.29) is 0 Å². The van der Waals surface area contributed by atoms with E-state index >= 15 is 0 Å². The van der Waals surface area contributed by atoms with E-state index in [0.717, 1.165) is 51.9 Å². The first-order valence-corrected chi connectivity index (χ1v) is 9.55. The molecule has 146 valence electrons. The molecule has 2 aromatic rings. The predicted octanol–water partition coefficient (Wildman–Crippen LogP) is 2.06. The number of rotatable bonds is 6. The zero-order valence-electron chi connectivity index (χ0n) is 16.7. The molecular weight excluding hydrogens is 338 g/mol. The van der Waals surface area contributed by atoms with Gasteiger partial charge in [0.2, 0.25) is 0 Å². The maximum Gasteiger partial charge on any atom is 0.194 e. The lowest BCUT2D eigenvalue weighted by Crippen LogP contribution is -2.38. The molecule has 1 saturated heterocycles. The van der Waals surface area contributed by atoms with Crippen LogP contribution in [0.5, 0.6) is 0 Å². The van der Waals surface area contributed by atoms with E-state index < -0.39 is 0 Å². The monoisotopic (exact) mass is 369 g/mol. The van der Waals surface area contributed by atoms with Crippen molar-refractivity contribution in [3.8, 4) is 0 Å². The fraction of sp³-hybridized carbons (Fsp3) is 0.476. The van der Waals surface area contributed by atoms with Crippen molar-refractivity contribution in [2.75, 3.05) is 40.4 Å². The molecule has 0 aliphatic carbocycles. The van der Waals surface area contributed by atoms with Crippen molar-refractivity contribution in [3.05, 3.63) is 59.4 Å². The summed E-state index contributed by atoms with van der Waals surface area (Å²) in [6.07, 6.45) is 2.07. The number of nitrogens with one attached hydrogen (secondary N) is 1. The van der Waals surface area contributed by atoms with Crippen molar-refractivity contribution in [2.24, 2.45) is 12.0 Å². The second kappa shape index (κ2) is 9.58. The minimum absolute atomic E-state index is 0.765. The molecule has 0 bridgehead atoms. The van der Waals surface area contributed by atoms with E-state index in [9.17, 15) is 0 Å². The standard InChI is InChI=1S/C21H31N5O/c1-22-21(25(3)17-20-8-5-9-24(20)2)23-15-18-6-4-7-19(14-18)16-26-10-12-27-13-11-26/h4-9,14H,10-13,15-17H2,1-3H3,(H,22,23). The molecule has 1 aromatic carbocycles. The van der Waals surface area contributed by atoms with Crippen LogP contribution in [0.2, 0.25) is 0 Å². The smallest absolute Gasteiger partial charge is 0.194 e. The highest BCUT2D eigenvalue weighted by Crippen LogP contribution is 2.10. The Morgan fingerprint density at radius 3 is 2.67 bits per heavy atom. The summed E-state index contributed by atoms with van der Waals surface area (Å²) in [5.41, 5.74) is 3.88. The number of benzene rings is 1. The molecular formula is C21H31N5O. The summed E-state index contributed by atoms with van der Waals surface area (Å²) in [6, 6.07) is 13.0. The molecule has 0 saturated carbocycles. The molecule has 1 fully saturated rings. The van der Waals surface area contributed by atoms with Crippen LogP contribution in [-0.4, -0.2) is 60.7 Å². The Kier molecular flexibility index (Phi) is 6.90. The highest BCUT2D eigenvalue weighted by atomic mass is 16.5. The number of aliphatic imine (C=N–C) groups is 1. The number of guanidine groups is 1. The average Bonchev–Trinajstić information content (AvgIpc) is 3.08. The first-order valence-electron chi connectivity index (χ1n) is 9.55. The van der Waals surface area contributed by atoms with E-state index in [0.29, 0.717) is 0 Å². The number of hydrogen-bond donors (Lipinski definition) is 1. The minimum atomic E-state index is 0.765. The molecule has 27 heavy (non-hydrogen) atoms. The van der Waals surface area contributed by atoms with Gasteiger partial charge in [0.25, 0.3) is 0 Å². The molecule has 0 spiro atoms. The van der Waals surface area contributed by atoms with Crippen LogP contribution in [0.15, 0.2) is 47.6 Å². The molecule has 0 atom stereocenters. The Hall–Kier alpha value is -2.31. The third kappa shape index (κ3) is 5.58. The Labute approximate surface area is 162 Å². The van der Waals surface area contributed by atoms with Gasteiger partial charge in [0.05, 0.1) is 19.8 Å². The Morgan fingerprint density at radius 1 is 1.19 bits per heavy atom. The van der Waals surface area contributed by atoms with Crippen molar-refractivity contribution in [1.82, 2.24) is 19.7 Å². The van der Waals surface area contributed by atoms with Gasteiger partial charge in [0.1, 0.15) is 0 Å². The molecule has 1 aliphatic rings. The van der Waals surface area contributed by atoms with Gasteiger partial charge < -0.3 is 19.5 Å². The quantitative estimate of drug-likeness (QED) is 0.625. The topological polar surface area (TPSA) is 45.0 Å². The van der Waals surface area contributed by atoms with Gasteiger partial charge in [-0.3, -0.25) is 9.89 Å². The molecule has 3 rings (SSSR count). The molecule has 0 unspecified atom stereocenters. The normalized spacial score (nSPS) is 15.7. The summed E-state index contributed by atoms with van der Waals surface area (Å²) in [4.78, 5) is 9.02. The maximum atomic E-state index is 5.43. The predicted molar refractivity (Wildman–Crippen MR) is 110 cm³/mol. The van der Waals surface area contributed by atoms with Crippen molar-refractivity contribution in [1.29, 1.82) is 0 Å². The number of morpholine rings is 1. The summed E-state index contributed by atoms with van der Waals surface area (Å²) in [7, 11) is 5.97. The molecule has 0 amide bonds. The van der Waals surface area contributed by atoms with E-state index in [4.69, 9.17) is 4.74 Å². The molecule has 0 radical (unpaired) electrons. The van der Waals surface area contributed by atoms with E-state index in [1.54, 1.807) is 0 Å². The van der Waals surface area contributed by atoms with Gasteiger partial charge in [0.15, 0.2) is 5.96 Å². The van der Waals surface area contributed by atoms with Crippen LogP contribution in [0.3, 0.4) is 0 Å². The van der Waals surface area contributed by atoms with Crippen LogP contribution < -0.4 is 5.32 Å². The van der Waals surface area contributed by atoms with Gasteiger partial charge in [0, 0.05) is 59.2 Å². The lowest BCUT2D eigenvalue weighted by atomic mass is 10.1. The third-order valence-corrected chi connectivity index (χ3v) is 4.98. The Bertz CT molecular complexity index is 749. The number of hydrogen-bond acceptors (Lipinski definition) is 3. The van der Waals surface area contributed by atoms with Crippen molar-refractivity contribution < 1.29 is 4.74 Å². The number of nitrogens with zero attached hydrogens (tertiary/aromatic N) is 4. The van der Waals surface area contributed by atoms with Crippen LogP contribution in [0, 0.1) is 0 Å². The second-order valence-electron chi connectivity index (χ2n) is 7.08. The molecule has 1 N–H and O–H groups in total. The van der Waals surface area contributed by atoms with Crippen molar-refractivity contribution >= 4 is 5.96 Å². The first-order chi connectivity index (χ1) is 13.2. The first kappa shape index (κ1) is 19.5. The number of aryl methyl sites for hydroxylation is 1.